The zero-order valence-corrected chi connectivity index (χ0v) is 18.7. The minimum atomic E-state index is -4.96. The van der Waals surface area contributed by atoms with E-state index in [4.69, 9.17) is 6.42 Å². The van der Waals surface area contributed by atoms with E-state index in [9.17, 15) is 27.5 Å². The largest absolute Gasteiger partial charge is 0.418 e. The maximum atomic E-state index is 14.0. The van der Waals surface area contributed by atoms with Crippen molar-refractivity contribution in [2.45, 2.75) is 70.1 Å². The molecular formula is C26H28F4O2. The monoisotopic (exact) mass is 448 g/mol. The molecule has 0 fully saturated rings. The van der Waals surface area contributed by atoms with Crippen LogP contribution in [0.25, 0.3) is 0 Å². The summed E-state index contributed by atoms with van der Waals surface area (Å²) in [7, 11) is 0. The number of ketones is 1. The number of aliphatic hydroxyl groups is 1. The highest BCUT2D eigenvalue weighted by molar-refractivity contribution is 5.98. The van der Waals surface area contributed by atoms with Gasteiger partial charge in [-0.15, -0.1) is 12.3 Å². The van der Waals surface area contributed by atoms with E-state index in [1.54, 1.807) is 0 Å². The van der Waals surface area contributed by atoms with Crippen LogP contribution < -0.4 is 0 Å². The lowest BCUT2D eigenvalue weighted by Gasteiger charge is -2.37. The van der Waals surface area contributed by atoms with Crippen molar-refractivity contribution in [2.75, 3.05) is 0 Å². The Kier molecular flexibility index (Phi) is 7.57. The molecule has 0 unspecified atom stereocenters. The Morgan fingerprint density at radius 2 is 1.72 bits per heavy atom. The van der Waals surface area contributed by atoms with Gasteiger partial charge in [0.25, 0.3) is 0 Å². The normalized spacial score (nSPS) is 15.0. The highest BCUT2D eigenvalue weighted by atomic mass is 19.4. The van der Waals surface area contributed by atoms with Gasteiger partial charge < -0.3 is 5.11 Å². The highest BCUT2D eigenvalue weighted by Gasteiger charge is 2.55. The summed E-state index contributed by atoms with van der Waals surface area (Å²) in [4.78, 5) is 13.1. The number of hydrogen-bond acceptors (Lipinski definition) is 2. The number of hydrogen-bond donors (Lipinski definition) is 1. The van der Waals surface area contributed by atoms with Crippen molar-refractivity contribution in [3.63, 3.8) is 0 Å². The molecule has 1 N–H and O–H groups in total. The van der Waals surface area contributed by atoms with Gasteiger partial charge in [0.05, 0.1) is 0 Å². The van der Waals surface area contributed by atoms with Crippen LogP contribution in [0, 0.1) is 25.1 Å². The third kappa shape index (κ3) is 5.77. The first-order chi connectivity index (χ1) is 14.7. The van der Waals surface area contributed by atoms with Gasteiger partial charge in [-0.3, -0.25) is 4.79 Å². The van der Waals surface area contributed by atoms with Crippen LogP contribution in [-0.4, -0.2) is 22.7 Å². The van der Waals surface area contributed by atoms with Crippen molar-refractivity contribution in [3.8, 4) is 12.3 Å². The zero-order chi connectivity index (χ0) is 24.3. The Bertz CT molecular complexity index is 1000. The SMILES string of the molecule is C#CC[C@@](O)(CC(C)(C)c1ccc(F)cc1C(=O)C[C@@H](C)c1ccc(C)cc1)C(F)(F)F. The van der Waals surface area contributed by atoms with Crippen molar-refractivity contribution >= 4 is 5.78 Å². The van der Waals surface area contributed by atoms with Crippen molar-refractivity contribution < 1.29 is 27.5 Å². The van der Waals surface area contributed by atoms with E-state index in [0.29, 0.717) is 0 Å². The van der Waals surface area contributed by atoms with Crippen LogP contribution in [0.15, 0.2) is 42.5 Å². The molecule has 172 valence electrons. The third-order valence-electron chi connectivity index (χ3n) is 5.81. The topological polar surface area (TPSA) is 37.3 Å². The van der Waals surface area contributed by atoms with Crippen molar-refractivity contribution in [1.82, 2.24) is 0 Å². The Morgan fingerprint density at radius 1 is 1.12 bits per heavy atom. The van der Waals surface area contributed by atoms with Crippen LogP contribution in [0.5, 0.6) is 0 Å². The van der Waals surface area contributed by atoms with Gasteiger partial charge in [0, 0.05) is 18.4 Å². The number of alkyl halides is 3. The molecule has 0 radical (unpaired) electrons. The summed E-state index contributed by atoms with van der Waals surface area (Å²) in [6.45, 7) is 6.77. The molecule has 2 aromatic rings. The second-order valence-corrected chi connectivity index (χ2v) is 9.10. The Morgan fingerprint density at radius 3 is 2.25 bits per heavy atom. The molecule has 6 heteroatoms. The van der Waals surface area contributed by atoms with Gasteiger partial charge >= 0.3 is 6.18 Å². The Balaban J connectivity index is 2.40. The quantitative estimate of drug-likeness (QED) is 0.285. The van der Waals surface area contributed by atoms with Crippen LogP contribution >= 0.6 is 0 Å². The fourth-order valence-electron chi connectivity index (χ4n) is 4.00. The Labute approximate surface area is 186 Å². The van der Waals surface area contributed by atoms with Crippen LogP contribution in [0.4, 0.5) is 17.6 Å². The lowest BCUT2D eigenvalue weighted by atomic mass is 9.71. The molecule has 0 saturated carbocycles. The van der Waals surface area contributed by atoms with Gasteiger partial charge in [0.2, 0.25) is 0 Å². The molecular weight excluding hydrogens is 420 g/mol. The molecule has 0 saturated heterocycles. The predicted octanol–water partition coefficient (Wildman–Crippen LogP) is 6.50. The maximum absolute atomic E-state index is 14.0. The summed E-state index contributed by atoms with van der Waals surface area (Å²) >= 11 is 0. The first-order valence-electron chi connectivity index (χ1n) is 10.3. The molecule has 0 aliphatic rings. The molecule has 0 spiro atoms. The van der Waals surface area contributed by atoms with Crippen molar-refractivity contribution in [2.24, 2.45) is 0 Å². The van der Waals surface area contributed by atoms with Crippen molar-refractivity contribution in [3.05, 3.63) is 70.5 Å². The molecule has 2 atom stereocenters. The number of halogens is 4. The fourth-order valence-corrected chi connectivity index (χ4v) is 4.00. The molecule has 0 amide bonds. The first-order valence-corrected chi connectivity index (χ1v) is 10.3. The number of aryl methyl sites for hydroxylation is 1. The molecule has 0 aliphatic heterocycles. The summed E-state index contributed by atoms with van der Waals surface area (Å²) in [5, 5.41) is 10.3. The van der Waals surface area contributed by atoms with E-state index >= 15 is 0 Å². The number of terminal acetylenes is 1. The molecule has 0 bridgehead atoms. The Hall–Kier alpha value is -2.65. The smallest absolute Gasteiger partial charge is 0.380 e. The molecule has 2 nitrogen and oxygen atoms in total. The van der Waals surface area contributed by atoms with Crippen LogP contribution in [0.1, 0.15) is 73.0 Å². The molecule has 0 heterocycles. The van der Waals surface area contributed by atoms with Gasteiger partial charge in [-0.2, -0.15) is 13.2 Å². The zero-order valence-electron chi connectivity index (χ0n) is 18.7. The third-order valence-corrected chi connectivity index (χ3v) is 5.81. The number of rotatable bonds is 8. The summed E-state index contributed by atoms with van der Waals surface area (Å²) in [6.07, 6.45) is -1.52. The minimum absolute atomic E-state index is 0.0131. The second kappa shape index (κ2) is 9.46. The van der Waals surface area contributed by atoms with Gasteiger partial charge in [0.1, 0.15) is 5.82 Å². The predicted molar refractivity (Wildman–Crippen MR) is 117 cm³/mol. The minimum Gasteiger partial charge on any atom is -0.380 e. The summed E-state index contributed by atoms with van der Waals surface area (Å²) in [6, 6.07) is 11.1. The molecule has 32 heavy (non-hydrogen) atoms. The lowest BCUT2D eigenvalue weighted by Crippen LogP contribution is -2.49. The average Bonchev–Trinajstić information content (AvgIpc) is 2.67. The highest BCUT2D eigenvalue weighted by Crippen LogP contribution is 2.44. The molecule has 2 rings (SSSR count). The van der Waals surface area contributed by atoms with E-state index in [0.717, 1.165) is 23.3 Å². The fraction of sp³-hybridized carbons (Fsp3) is 0.423. The van der Waals surface area contributed by atoms with Crippen LogP contribution in [-0.2, 0) is 5.41 Å². The first kappa shape index (κ1) is 25.6. The maximum Gasteiger partial charge on any atom is 0.418 e. The second-order valence-electron chi connectivity index (χ2n) is 9.10. The van der Waals surface area contributed by atoms with Crippen LogP contribution in [0.2, 0.25) is 0 Å². The van der Waals surface area contributed by atoms with Crippen LogP contribution in [0.3, 0.4) is 0 Å². The average molecular weight is 449 g/mol. The molecule has 2 aromatic carbocycles. The van der Waals surface area contributed by atoms with E-state index in [1.807, 2.05) is 44.0 Å². The molecule has 0 aromatic heterocycles. The number of carbonyl (C=O) groups is 1. The van der Waals surface area contributed by atoms with Gasteiger partial charge in [-0.05, 0) is 47.9 Å². The van der Waals surface area contributed by atoms with Gasteiger partial charge in [-0.25, -0.2) is 4.39 Å². The van der Waals surface area contributed by atoms with Crippen molar-refractivity contribution in [1.29, 1.82) is 0 Å². The number of Topliss-reactive ketones (excluding diaryl/α,β-unsaturated/α-hetero) is 1. The van der Waals surface area contributed by atoms with Gasteiger partial charge in [-0.1, -0.05) is 56.7 Å². The van der Waals surface area contributed by atoms with E-state index in [1.165, 1.54) is 19.9 Å². The standard InChI is InChI=1S/C26H28F4O2/c1-6-13-25(32,26(28,29)30)16-24(4,5)22-12-11-20(27)15-21(22)23(31)14-18(3)19-9-7-17(2)8-10-19/h1,7-12,15,18,32H,13-14,16H2,2-5H3/t18-,25-/m1/s1. The summed E-state index contributed by atoms with van der Waals surface area (Å²) < 4.78 is 54.8. The summed E-state index contributed by atoms with van der Waals surface area (Å²) in [5.41, 5.74) is -2.19. The lowest BCUT2D eigenvalue weighted by molar-refractivity contribution is -0.264. The molecule has 0 aliphatic carbocycles. The van der Waals surface area contributed by atoms with E-state index in [2.05, 4.69) is 0 Å². The van der Waals surface area contributed by atoms with E-state index < -0.39 is 35.9 Å². The van der Waals surface area contributed by atoms with E-state index in [-0.39, 0.29) is 29.2 Å². The summed E-state index contributed by atoms with van der Waals surface area (Å²) in [5.74, 6) is 0.673. The number of benzene rings is 2. The van der Waals surface area contributed by atoms with Gasteiger partial charge in [0.15, 0.2) is 11.4 Å². The number of carbonyl (C=O) groups excluding carboxylic acids is 1.